The van der Waals surface area contributed by atoms with Crippen LogP contribution in [0.15, 0.2) is 94.9 Å². The molecule has 0 unspecified atom stereocenters. The number of ketones is 2. The number of carbonyl (C=O) groups is 2. The third-order valence-corrected chi connectivity index (χ3v) is 9.19. The minimum Gasteiger partial charge on any atom is -0.455 e. The van der Waals surface area contributed by atoms with Crippen LogP contribution in [0.25, 0.3) is 27.3 Å². The van der Waals surface area contributed by atoms with Gasteiger partial charge >= 0.3 is 0 Å². The van der Waals surface area contributed by atoms with Crippen LogP contribution < -0.4 is 4.90 Å². The summed E-state index contributed by atoms with van der Waals surface area (Å²) in [6.45, 7) is 8.53. The molecule has 0 atom stereocenters. The maximum atomic E-state index is 12.9. The van der Waals surface area contributed by atoms with Gasteiger partial charge in [0.05, 0.1) is 10.3 Å². The first-order valence-corrected chi connectivity index (χ1v) is 14.4. The van der Waals surface area contributed by atoms with E-state index in [4.69, 9.17) is 4.42 Å². The molecule has 41 heavy (non-hydrogen) atoms. The van der Waals surface area contributed by atoms with E-state index in [1.54, 1.807) is 30.3 Å². The van der Waals surface area contributed by atoms with E-state index in [0.29, 0.717) is 11.1 Å². The van der Waals surface area contributed by atoms with Gasteiger partial charge in [0.1, 0.15) is 11.2 Å². The van der Waals surface area contributed by atoms with Crippen LogP contribution in [0.2, 0.25) is 0 Å². The fraction of sp³-hybridized carbons (Fsp3) is 0.111. The zero-order chi connectivity index (χ0) is 28.4. The fourth-order valence-electron chi connectivity index (χ4n) is 5.49. The lowest BCUT2D eigenvalue weighted by Crippen LogP contribution is -2.10. The van der Waals surface area contributed by atoms with Crippen LogP contribution in [0.4, 0.5) is 17.1 Å². The van der Waals surface area contributed by atoms with Gasteiger partial charge in [0.2, 0.25) is 0 Å². The number of fused-ring (bicyclic) bond motifs is 4. The predicted molar refractivity (Wildman–Crippen MR) is 168 cm³/mol. The topological polar surface area (TPSA) is 50.5 Å². The van der Waals surface area contributed by atoms with Crippen LogP contribution in [-0.4, -0.2) is 11.6 Å². The van der Waals surface area contributed by atoms with Gasteiger partial charge in [-0.05, 0) is 98.5 Å². The standard InChI is InChI=1S/C36H27NO3S/c1-20-9-11-24(15-22(20)3)37(25-12-10-21(2)23(4)16-25)26-13-14-30-32(17-26)40-33-19-27(41-36(30)33)18-31-34(38)28-7-5-6-8-29(28)35(31)39/h5-19H,1-4H3. The van der Waals surface area contributed by atoms with Crippen LogP contribution >= 0.6 is 11.3 Å². The van der Waals surface area contributed by atoms with Crippen LogP contribution in [0.5, 0.6) is 0 Å². The Kier molecular flexibility index (Phi) is 5.80. The molecule has 6 aromatic rings. The van der Waals surface area contributed by atoms with E-state index in [9.17, 15) is 9.59 Å². The van der Waals surface area contributed by atoms with Gasteiger partial charge in [-0.15, -0.1) is 11.3 Å². The number of anilines is 3. The highest BCUT2D eigenvalue weighted by Crippen LogP contribution is 2.42. The van der Waals surface area contributed by atoms with E-state index in [-0.39, 0.29) is 17.1 Å². The van der Waals surface area contributed by atoms with Gasteiger partial charge in [-0.3, -0.25) is 9.59 Å². The SMILES string of the molecule is Cc1ccc(N(c2ccc(C)c(C)c2)c2ccc3c(c2)oc2cc(C=C4C(=O)c5ccccc5C4=O)sc23)cc1C. The summed E-state index contributed by atoms with van der Waals surface area (Å²) in [6.07, 6.45) is 1.70. The van der Waals surface area contributed by atoms with Gasteiger partial charge < -0.3 is 9.32 Å². The molecule has 0 N–H and O–H groups in total. The fourth-order valence-corrected chi connectivity index (χ4v) is 6.55. The van der Waals surface area contributed by atoms with Crippen LogP contribution in [-0.2, 0) is 0 Å². The molecule has 0 fully saturated rings. The first-order valence-electron chi connectivity index (χ1n) is 13.6. The molecule has 0 bridgehead atoms. The van der Waals surface area contributed by atoms with Crippen LogP contribution in [0.1, 0.15) is 47.8 Å². The van der Waals surface area contributed by atoms with E-state index in [2.05, 4.69) is 87.2 Å². The number of allylic oxidation sites excluding steroid dienone is 1. The van der Waals surface area contributed by atoms with Crippen molar-refractivity contribution in [2.45, 2.75) is 27.7 Å². The molecule has 0 radical (unpaired) electrons. The lowest BCUT2D eigenvalue weighted by molar-refractivity contribution is 0.0990. The number of hydrogen-bond acceptors (Lipinski definition) is 5. The monoisotopic (exact) mass is 553 g/mol. The molecule has 0 saturated carbocycles. The molecule has 0 spiro atoms. The second-order valence-electron chi connectivity index (χ2n) is 10.8. The predicted octanol–water partition coefficient (Wildman–Crippen LogP) is 9.81. The number of aryl methyl sites for hydroxylation is 4. The van der Waals surface area contributed by atoms with Crippen molar-refractivity contribution < 1.29 is 14.0 Å². The maximum Gasteiger partial charge on any atom is 0.197 e. The summed E-state index contributed by atoms with van der Waals surface area (Å²) in [5.41, 5.74) is 10.9. The Morgan fingerprint density at radius 3 is 1.78 bits per heavy atom. The second kappa shape index (κ2) is 9.43. The quantitative estimate of drug-likeness (QED) is 0.161. The molecule has 4 nitrogen and oxygen atoms in total. The summed E-state index contributed by atoms with van der Waals surface area (Å²) < 4.78 is 7.34. The smallest absolute Gasteiger partial charge is 0.197 e. The molecule has 2 heterocycles. The Morgan fingerprint density at radius 2 is 1.20 bits per heavy atom. The van der Waals surface area contributed by atoms with Crippen molar-refractivity contribution in [1.82, 2.24) is 0 Å². The number of furan rings is 1. The molecule has 2 aromatic heterocycles. The Hall–Kier alpha value is -4.74. The molecular formula is C36H27NO3S. The van der Waals surface area contributed by atoms with Crippen LogP contribution in [0.3, 0.4) is 0 Å². The molecular weight excluding hydrogens is 526 g/mol. The van der Waals surface area contributed by atoms with E-state index < -0.39 is 0 Å². The van der Waals surface area contributed by atoms with E-state index in [0.717, 1.165) is 43.2 Å². The molecule has 7 rings (SSSR count). The molecule has 200 valence electrons. The van der Waals surface area contributed by atoms with Gasteiger partial charge in [0.15, 0.2) is 11.6 Å². The first-order chi connectivity index (χ1) is 19.8. The highest BCUT2D eigenvalue weighted by atomic mass is 32.1. The first kappa shape index (κ1) is 25.2. The van der Waals surface area contributed by atoms with Crippen molar-refractivity contribution in [3.05, 3.63) is 129 Å². The minimum absolute atomic E-state index is 0.208. The zero-order valence-electron chi connectivity index (χ0n) is 23.2. The van der Waals surface area contributed by atoms with Crippen molar-refractivity contribution in [1.29, 1.82) is 0 Å². The minimum atomic E-state index is -0.220. The van der Waals surface area contributed by atoms with E-state index in [1.165, 1.54) is 33.6 Å². The van der Waals surface area contributed by atoms with E-state index in [1.807, 2.05) is 6.07 Å². The highest BCUT2D eigenvalue weighted by Gasteiger charge is 2.32. The van der Waals surface area contributed by atoms with Crippen molar-refractivity contribution in [2.24, 2.45) is 0 Å². The largest absolute Gasteiger partial charge is 0.455 e. The molecule has 0 aliphatic heterocycles. The third-order valence-electron chi connectivity index (χ3n) is 8.09. The molecule has 1 aliphatic rings. The van der Waals surface area contributed by atoms with Gasteiger partial charge in [-0.1, -0.05) is 36.4 Å². The number of thiophene rings is 1. The average Bonchev–Trinajstić information content (AvgIpc) is 3.58. The number of benzene rings is 4. The van der Waals surface area contributed by atoms with Crippen molar-refractivity contribution in [2.75, 3.05) is 4.90 Å². The summed E-state index contributed by atoms with van der Waals surface area (Å²) in [7, 11) is 0. The highest BCUT2D eigenvalue weighted by molar-refractivity contribution is 7.20. The molecule has 5 heteroatoms. The number of rotatable bonds is 4. The summed E-state index contributed by atoms with van der Waals surface area (Å²) in [6, 6.07) is 28.3. The Morgan fingerprint density at radius 1 is 0.634 bits per heavy atom. The lowest BCUT2D eigenvalue weighted by atomic mass is 10.1. The molecule has 4 aromatic carbocycles. The Labute approximate surface area is 242 Å². The summed E-state index contributed by atoms with van der Waals surface area (Å²) >= 11 is 1.53. The normalized spacial score (nSPS) is 12.9. The zero-order valence-corrected chi connectivity index (χ0v) is 24.1. The summed E-state index contributed by atoms with van der Waals surface area (Å²) in [4.78, 5) is 28.8. The summed E-state index contributed by atoms with van der Waals surface area (Å²) in [5.74, 6) is -0.439. The summed E-state index contributed by atoms with van der Waals surface area (Å²) in [5, 5.41) is 1.01. The number of Topliss-reactive ketones (excluding diaryl/α,β-unsaturated/α-hetero) is 2. The third kappa shape index (κ3) is 4.12. The van der Waals surface area contributed by atoms with Crippen LogP contribution in [0, 0.1) is 27.7 Å². The molecule has 0 amide bonds. The van der Waals surface area contributed by atoms with E-state index >= 15 is 0 Å². The van der Waals surface area contributed by atoms with Crippen molar-refractivity contribution >= 4 is 67.3 Å². The van der Waals surface area contributed by atoms with Crippen molar-refractivity contribution in [3.8, 4) is 0 Å². The van der Waals surface area contributed by atoms with Gasteiger partial charge in [0, 0.05) is 44.5 Å². The van der Waals surface area contributed by atoms with Gasteiger partial charge in [-0.2, -0.15) is 0 Å². The Bertz CT molecular complexity index is 2000. The van der Waals surface area contributed by atoms with Gasteiger partial charge in [-0.25, -0.2) is 0 Å². The second-order valence-corrected chi connectivity index (χ2v) is 11.8. The van der Waals surface area contributed by atoms with Gasteiger partial charge in [0.25, 0.3) is 0 Å². The maximum absolute atomic E-state index is 12.9. The lowest BCUT2D eigenvalue weighted by Gasteiger charge is -2.26. The number of hydrogen-bond donors (Lipinski definition) is 0. The Balaban J connectivity index is 1.30. The number of carbonyl (C=O) groups excluding carboxylic acids is 2. The number of nitrogens with zero attached hydrogens (tertiary/aromatic N) is 1. The molecule has 1 aliphatic carbocycles. The van der Waals surface area contributed by atoms with Crippen molar-refractivity contribution in [3.63, 3.8) is 0 Å². The average molecular weight is 554 g/mol. The molecule has 0 saturated heterocycles.